The molecule has 9 heteroatoms. The van der Waals surface area contributed by atoms with Crippen molar-refractivity contribution in [3.05, 3.63) is 47.5 Å². The molecule has 0 aliphatic rings. The molecule has 0 heterocycles. The van der Waals surface area contributed by atoms with Crippen LogP contribution < -0.4 is 29.7 Å². The van der Waals surface area contributed by atoms with Crippen LogP contribution in [0.25, 0.3) is 0 Å². The summed E-state index contributed by atoms with van der Waals surface area (Å²) in [6.07, 6.45) is 1.44. The monoisotopic (exact) mass is 401 g/mol. The van der Waals surface area contributed by atoms with Gasteiger partial charge in [0.25, 0.3) is 11.8 Å². The van der Waals surface area contributed by atoms with Crippen LogP contribution in [0.2, 0.25) is 0 Å². The van der Waals surface area contributed by atoms with Crippen molar-refractivity contribution in [3.8, 4) is 23.0 Å². The second kappa shape index (κ2) is 10.5. The molecular formula is C20H23N3O6. The van der Waals surface area contributed by atoms with Gasteiger partial charge in [0.05, 0.1) is 46.8 Å². The second-order valence-electron chi connectivity index (χ2n) is 5.65. The summed E-state index contributed by atoms with van der Waals surface area (Å²) in [5, 5.41) is 6.39. The minimum atomic E-state index is -0.491. The van der Waals surface area contributed by atoms with Crippen LogP contribution in [0.1, 0.15) is 15.9 Å². The number of hydrogen-bond acceptors (Lipinski definition) is 7. The average Bonchev–Trinajstić information content (AvgIpc) is 2.76. The van der Waals surface area contributed by atoms with Crippen LogP contribution in [0, 0.1) is 0 Å². The molecule has 154 valence electrons. The lowest BCUT2D eigenvalue weighted by atomic mass is 10.1. The first kappa shape index (κ1) is 21.5. The van der Waals surface area contributed by atoms with Gasteiger partial charge in [0.15, 0.2) is 0 Å². The Morgan fingerprint density at radius 1 is 0.897 bits per heavy atom. The highest BCUT2D eigenvalue weighted by Gasteiger charge is 2.14. The lowest BCUT2D eigenvalue weighted by molar-refractivity contribution is -0.120. The van der Waals surface area contributed by atoms with Crippen LogP contribution in [0.15, 0.2) is 41.5 Å². The predicted molar refractivity (Wildman–Crippen MR) is 107 cm³/mol. The largest absolute Gasteiger partial charge is 0.497 e. The van der Waals surface area contributed by atoms with E-state index < -0.39 is 11.8 Å². The first-order valence-corrected chi connectivity index (χ1v) is 8.56. The number of hydrogen-bond donors (Lipinski definition) is 2. The van der Waals surface area contributed by atoms with Gasteiger partial charge < -0.3 is 24.3 Å². The molecule has 0 saturated heterocycles. The van der Waals surface area contributed by atoms with Crippen LogP contribution in [0.4, 0.5) is 0 Å². The number of hydrazone groups is 1. The van der Waals surface area contributed by atoms with Gasteiger partial charge in [-0.05, 0) is 24.3 Å². The maximum atomic E-state index is 12.3. The second-order valence-corrected chi connectivity index (χ2v) is 5.65. The molecule has 0 atom stereocenters. The number of benzene rings is 2. The Kier molecular flexibility index (Phi) is 7.84. The molecule has 29 heavy (non-hydrogen) atoms. The molecule has 0 radical (unpaired) electrons. The minimum Gasteiger partial charge on any atom is -0.497 e. The lowest BCUT2D eigenvalue weighted by Gasteiger charge is -2.10. The van der Waals surface area contributed by atoms with Crippen LogP contribution in [-0.2, 0) is 4.79 Å². The van der Waals surface area contributed by atoms with E-state index in [0.717, 1.165) is 0 Å². The number of nitrogens with one attached hydrogen (secondary N) is 2. The molecule has 2 aromatic rings. The van der Waals surface area contributed by atoms with Crippen molar-refractivity contribution in [2.75, 3.05) is 35.0 Å². The molecule has 0 unspecified atom stereocenters. The average molecular weight is 401 g/mol. The standard InChI is InChI=1S/C20H23N3O6/c1-26-14-6-5-13(17(9-14)28-3)11-22-23-19(24)12-21-20(25)16-8-7-15(27-2)10-18(16)29-4/h5-11H,12H2,1-4H3,(H,21,25)(H,23,24)/b22-11+. The minimum absolute atomic E-state index is 0.259. The quantitative estimate of drug-likeness (QED) is 0.488. The third-order valence-electron chi connectivity index (χ3n) is 3.90. The SMILES string of the molecule is COc1ccc(/C=N/NC(=O)CNC(=O)c2ccc(OC)cc2OC)c(OC)c1. The summed E-state index contributed by atoms with van der Waals surface area (Å²) < 4.78 is 20.6. The van der Waals surface area contributed by atoms with Crippen LogP contribution in [-0.4, -0.2) is 53.0 Å². The van der Waals surface area contributed by atoms with Gasteiger partial charge in [-0.3, -0.25) is 9.59 Å². The molecule has 0 spiro atoms. The zero-order chi connectivity index (χ0) is 21.2. The number of ether oxygens (including phenoxy) is 4. The number of rotatable bonds is 9. The Labute approximate surface area is 168 Å². The molecule has 0 aliphatic carbocycles. The molecule has 0 aromatic heterocycles. The number of nitrogens with zero attached hydrogens (tertiary/aromatic N) is 1. The van der Waals surface area contributed by atoms with E-state index in [0.29, 0.717) is 28.6 Å². The number of carbonyl (C=O) groups is 2. The van der Waals surface area contributed by atoms with E-state index >= 15 is 0 Å². The highest BCUT2D eigenvalue weighted by molar-refractivity contribution is 5.99. The zero-order valence-corrected chi connectivity index (χ0v) is 16.6. The third-order valence-corrected chi connectivity index (χ3v) is 3.90. The maximum absolute atomic E-state index is 12.3. The molecule has 2 N–H and O–H groups in total. The number of methoxy groups -OCH3 is 4. The predicted octanol–water partition coefficient (Wildman–Crippen LogP) is 1.60. The van der Waals surface area contributed by atoms with Crippen molar-refractivity contribution >= 4 is 18.0 Å². The number of amides is 2. The normalized spacial score (nSPS) is 10.3. The lowest BCUT2D eigenvalue weighted by Crippen LogP contribution is -2.35. The summed E-state index contributed by atoms with van der Waals surface area (Å²) in [7, 11) is 6.04. The molecule has 2 rings (SSSR count). The summed E-state index contributed by atoms with van der Waals surface area (Å²) in [4.78, 5) is 24.2. The number of carbonyl (C=O) groups excluding carboxylic acids is 2. The van der Waals surface area contributed by atoms with E-state index in [4.69, 9.17) is 18.9 Å². The fraction of sp³-hybridized carbons (Fsp3) is 0.250. The summed E-state index contributed by atoms with van der Waals surface area (Å²) in [6.45, 7) is -0.259. The van der Waals surface area contributed by atoms with E-state index in [9.17, 15) is 9.59 Å². The molecule has 0 aliphatic heterocycles. The molecule has 2 aromatic carbocycles. The van der Waals surface area contributed by atoms with Gasteiger partial charge in [-0.25, -0.2) is 5.43 Å². The first-order valence-electron chi connectivity index (χ1n) is 8.56. The van der Waals surface area contributed by atoms with E-state index in [1.807, 2.05) is 0 Å². The summed E-state index contributed by atoms with van der Waals surface area (Å²) in [6, 6.07) is 9.95. The molecule has 0 saturated carbocycles. The van der Waals surface area contributed by atoms with Crippen molar-refractivity contribution < 1.29 is 28.5 Å². The van der Waals surface area contributed by atoms with E-state index in [1.54, 1.807) is 43.5 Å². The third kappa shape index (κ3) is 5.86. The van der Waals surface area contributed by atoms with E-state index in [2.05, 4.69) is 15.8 Å². The van der Waals surface area contributed by atoms with E-state index in [1.165, 1.54) is 27.5 Å². The molecular weight excluding hydrogens is 378 g/mol. The fourth-order valence-corrected chi connectivity index (χ4v) is 2.38. The van der Waals surface area contributed by atoms with Gasteiger partial charge in [0, 0.05) is 17.7 Å². The fourth-order valence-electron chi connectivity index (χ4n) is 2.38. The van der Waals surface area contributed by atoms with Crippen molar-refractivity contribution in [2.45, 2.75) is 0 Å². The van der Waals surface area contributed by atoms with Crippen molar-refractivity contribution in [2.24, 2.45) is 5.10 Å². The Morgan fingerprint density at radius 2 is 1.52 bits per heavy atom. The van der Waals surface area contributed by atoms with Crippen molar-refractivity contribution in [1.82, 2.24) is 10.7 Å². The van der Waals surface area contributed by atoms with Crippen LogP contribution in [0.3, 0.4) is 0 Å². The Balaban J connectivity index is 1.92. The summed E-state index contributed by atoms with van der Waals surface area (Å²) in [5.74, 6) is 1.13. The van der Waals surface area contributed by atoms with E-state index in [-0.39, 0.29) is 12.1 Å². The molecule has 0 fully saturated rings. The van der Waals surface area contributed by atoms with Gasteiger partial charge in [-0.2, -0.15) is 5.10 Å². The summed E-state index contributed by atoms with van der Waals surface area (Å²) in [5.41, 5.74) is 3.28. The van der Waals surface area contributed by atoms with Crippen LogP contribution >= 0.6 is 0 Å². The zero-order valence-electron chi connectivity index (χ0n) is 16.6. The highest BCUT2D eigenvalue weighted by atomic mass is 16.5. The maximum Gasteiger partial charge on any atom is 0.259 e. The molecule has 9 nitrogen and oxygen atoms in total. The molecule has 0 bridgehead atoms. The topological polar surface area (TPSA) is 107 Å². The van der Waals surface area contributed by atoms with Crippen molar-refractivity contribution in [1.29, 1.82) is 0 Å². The first-order chi connectivity index (χ1) is 14.0. The van der Waals surface area contributed by atoms with Gasteiger partial charge >= 0.3 is 0 Å². The summed E-state index contributed by atoms with van der Waals surface area (Å²) >= 11 is 0. The Morgan fingerprint density at radius 3 is 2.14 bits per heavy atom. The Bertz CT molecular complexity index is 898. The molecule has 2 amide bonds. The van der Waals surface area contributed by atoms with Gasteiger partial charge in [0.1, 0.15) is 23.0 Å². The Hall–Kier alpha value is -3.75. The van der Waals surface area contributed by atoms with Crippen molar-refractivity contribution in [3.63, 3.8) is 0 Å². The highest BCUT2D eigenvalue weighted by Crippen LogP contribution is 2.24. The van der Waals surface area contributed by atoms with Gasteiger partial charge in [-0.15, -0.1) is 0 Å². The van der Waals surface area contributed by atoms with Crippen LogP contribution in [0.5, 0.6) is 23.0 Å². The smallest absolute Gasteiger partial charge is 0.259 e. The van der Waals surface area contributed by atoms with Gasteiger partial charge in [0.2, 0.25) is 0 Å². The van der Waals surface area contributed by atoms with Gasteiger partial charge in [-0.1, -0.05) is 0 Å².